The number of rotatable bonds is 1. The Bertz CT molecular complexity index is 546. The molecule has 3 rings (SSSR count). The number of hydrogen-bond donors (Lipinski definition) is 1. The van der Waals surface area contributed by atoms with E-state index >= 15 is 0 Å². The van der Waals surface area contributed by atoms with Gasteiger partial charge >= 0.3 is 0 Å². The molecule has 17 heavy (non-hydrogen) atoms. The van der Waals surface area contributed by atoms with Crippen LogP contribution >= 0.6 is 0 Å². The summed E-state index contributed by atoms with van der Waals surface area (Å²) in [6, 6.07) is 18.3. The van der Waals surface area contributed by atoms with Gasteiger partial charge in [-0.3, -0.25) is 5.41 Å². The summed E-state index contributed by atoms with van der Waals surface area (Å²) in [6.07, 6.45) is 1.03. The van der Waals surface area contributed by atoms with E-state index in [1.54, 1.807) is 0 Å². The van der Waals surface area contributed by atoms with Crippen LogP contribution in [0, 0.1) is 5.41 Å². The monoisotopic (exact) mass is 222 g/mol. The maximum Gasteiger partial charge on any atom is 0.132 e. The predicted molar refractivity (Wildman–Crippen MR) is 70.8 cm³/mol. The van der Waals surface area contributed by atoms with Crippen molar-refractivity contribution < 1.29 is 0 Å². The van der Waals surface area contributed by atoms with E-state index in [9.17, 15) is 0 Å². The van der Waals surface area contributed by atoms with Crippen molar-refractivity contribution in [3.05, 3.63) is 65.7 Å². The van der Waals surface area contributed by atoms with E-state index in [0.29, 0.717) is 5.84 Å². The molecule has 1 aliphatic heterocycles. The van der Waals surface area contributed by atoms with Crippen molar-refractivity contribution in [2.24, 2.45) is 0 Å². The van der Waals surface area contributed by atoms with Gasteiger partial charge in [0.05, 0.1) is 0 Å². The zero-order valence-electron chi connectivity index (χ0n) is 9.56. The third-order valence-corrected chi connectivity index (χ3v) is 3.20. The summed E-state index contributed by atoms with van der Waals surface area (Å²) in [7, 11) is 0. The third-order valence-electron chi connectivity index (χ3n) is 3.20. The van der Waals surface area contributed by atoms with E-state index in [4.69, 9.17) is 5.41 Å². The van der Waals surface area contributed by atoms with E-state index in [1.165, 1.54) is 11.3 Å². The Morgan fingerprint density at radius 1 is 0.941 bits per heavy atom. The average molecular weight is 222 g/mol. The molecule has 2 aromatic carbocycles. The van der Waals surface area contributed by atoms with Gasteiger partial charge in [0.15, 0.2) is 0 Å². The first-order valence-corrected chi connectivity index (χ1v) is 5.86. The Kier molecular flexibility index (Phi) is 2.41. The highest BCUT2D eigenvalue weighted by Crippen LogP contribution is 2.28. The lowest BCUT2D eigenvalue weighted by Crippen LogP contribution is -2.28. The number of fused-ring (bicyclic) bond motifs is 1. The highest BCUT2D eigenvalue weighted by atomic mass is 15.2. The van der Waals surface area contributed by atoms with Crippen LogP contribution < -0.4 is 4.90 Å². The summed E-state index contributed by atoms with van der Waals surface area (Å²) >= 11 is 0. The van der Waals surface area contributed by atoms with Crippen LogP contribution in [-0.2, 0) is 6.42 Å². The molecule has 0 unspecified atom stereocenters. The van der Waals surface area contributed by atoms with Gasteiger partial charge in [-0.05, 0) is 18.1 Å². The molecule has 0 saturated heterocycles. The Labute approximate surface area is 101 Å². The summed E-state index contributed by atoms with van der Waals surface area (Å²) in [4.78, 5) is 2.09. The molecule has 0 amide bonds. The first-order chi connectivity index (χ1) is 8.36. The van der Waals surface area contributed by atoms with Crippen LogP contribution in [0.5, 0.6) is 0 Å². The largest absolute Gasteiger partial charge is 0.326 e. The average Bonchev–Trinajstić information content (AvgIpc) is 2.83. The van der Waals surface area contributed by atoms with Crippen LogP contribution in [0.3, 0.4) is 0 Å². The molecule has 2 heteroatoms. The molecule has 0 fully saturated rings. The minimum atomic E-state index is 0.593. The van der Waals surface area contributed by atoms with Crippen molar-refractivity contribution in [1.82, 2.24) is 0 Å². The van der Waals surface area contributed by atoms with E-state index in [1.807, 2.05) is 36.4 Å². The lowest BCUT2D eigenvalue weighted by molar-refractivity contribution is 1.01. The van der Waals surface area contributed by atoms with Crippen molar-refractivity contribution in [3.63, 3.8) is 0 Å². The number of hydrogen-bond acceptors (Lipinski definition) is 1. The fourth-order valence-electron chi connectivity index (χ4n) is 2.32. The molecule has 1 N–H and O–H groups in total. The van der Waals surface area contributed by atoms with E-state index in [2.05, 4.69) is 23.1 Å². The smallest absolute Gasteiger partial charge is 0.132 e. The standard InChI is InChI=1S/C15H14N2/c16-15(13-7-2-1-3-8-13)17-11-10-12-6-4-5-9-14(12)17/h1-9,16H,10-11H2. The van der Waals surface area contributed by atoms with E-state index in [-0.39, 0.29) is 0 Å². The quantitative estimate of drug-likeness (QED) is 0.582. The van der Waals surface area contributed by atoms with Crippen LogP contribution in [0.4, 0.5) is 5.69 Å². The normalized spacial score (nSPS) is 13.5. The molecule has 2 nitrogen and oxygen atoms in total. The fourth-order valence-corrected chi connectivity index (χ4v) is 2.32. The second-order valence-electron chi connectivity index (χ2n) is 4.24. The molecule has 1 aliphatic rings. The Morgan fingerprint density at radius 3 is 2.47 bits per heavy atom. The van der Waals surface area contributed by atoms with Gasteiger partial charge in [0, 0.05) is 17.8 Å². The highest BCUT2D eigenvalue weighted by molar-refractivity contribution is 6.08. The summed E-state index contributed by atoms with van der Waals surface area (Å²) < 4.78 is 0. The summed E-state index contributed by atoms with van der Waals surface area (Å²) in [5, 5.41) is 8.28. The molecule has 1 heterocycles. The van der Waals surface area contributed by atoms with Crippen LogP contribution in [0.15, 0.2) is 54.6 Å². The van der Waals surface area contributed by atoms with Gasteiger partial charge in [-0.2, -0.15) is 0 Å². The number of anilines is 1. The van der Waals surface area contributed by atoms with Crippen LogP contribution in [0.2, 0.25) is 0 Å². The molecule has 0 saturated carbocycles. The zero-order valence-corrected chi connectivity index (χ0v) is 9.56. The maximum absolute atomic E-state index is 8.28. The second-order valence-corrected chi connectivity index (χ2v) is 4.24. The first-order valence-electron chi connectivity index (χ1n) is 5.86. The van der Waals surface area contributed by atoms with Crippen molar-refractivity contribution in [2.75, 3.05) is 11.4 Å². The lowest BCUT2D eigenvalue weighted by atomic mass is 10.1. The van der Waals surface area contributed by atoms with Crippen molar-refractivity contribution in [3.8, 4) is 0 Å². The van der Waals surface area contributed by atoms with E-state index < -0.39 is 0 Å². The van der Waals surface area contributed by atoms with Gasteiger partial charge in [-0.15, -0.1) is 0 Å². The van der Waals surface area contributed by atoms with Crippen LogP contribution in [0.25, 0.3) is 0 Å². The molecule has 0 radical (unpaired) electrons. The molecule has 0 aromatic heterocycles. The Balaban J connectivity index is 1.95. The second kappa shape index (κ2) is 4.06. The number of amidine groups is 1. The molecule has 0 spiro atoms. The van der Waals surface area contributed by atoms with Gasteiger partial charge in [-0.1, -0.05) is 48.5 Å². The zero-order chi connectivity index (χ0) is 11.7. The third kappa shape index (κ3) is 1.72. The van der Waals surface area contributed by atoms with Crippen LogP contribution in [-0.4, -0.2) is 12.4 Å². The summed E-state index contributed by atoms with van der Waals surface area (Å²) in [5.74, 6) is 0.593. The lowest BCUT2D eigenvalue weighted by Gasteiger charge is -2.20. The van der Waals surface area contributed by atoms with Gasteiger partial charge in [0.1, 0.15) is 5.84 Å². The van der Waals surface area contributed by atoms with Gasteiger partial charge < -0.3 is 4.90 Å². The fraction of sp³-hybridized carbons (Fsp3) is 0.133. The molecule has 0 bridgehead atoms. The van der Waals surface area contributed by atoms with Crippen molar-refractivity contribution >= 4 is 11.5 Å². The summed E-state index contributed by atoms with van der Waals surface area (Å²) in [5.41, 5.74) is 3.50. The number of nitrogens with zero attached hydrogens (tertiary/aromatic N) is 1. The predicted octanol–water partition coefficient (Wildman–Crippen LogP) is 3.07. The first kappa shape index (κ1) is 10.1. The van der Waals surface area contributed by atoms with Crippen LogP contribution in [0.1, 0.15) is 11.1 Å². The van der Waals surface area contributed by atoms with Crippen molar-refractivity contribution in [2.45, 2.75) is 6.42 Å². The maximum atomic E-state index is 8.28. The molecule has 0 atom stereocenters. The minimum Gasteiger partial charge on any atom is -0.326 e. The molecular formula is C15H14N2. The number of benzene rings is 2. The van der Waals surface area contributed by atoms with Crippen molar-refractivity contribution in [1.29, 1.82) is 5.41 Å². The highest BCUT2D eigenvalue weighted by Gasteiger charge is 2.22. The Morgan fingerprint density at radius 2 is 1.65 bits per heavy atom. The topological polar surface area (TPSA) is 27.1 Å². The minimum absolute atomic E-state index is 0.593. The Hall–Kier alpha value is -2.09. The molecule has 0 aliphatic carbocycles. The summed E-state index contributed by atoms with van der Waals surface area (Å²) in [6.45, 7) is 0.910. The number of para-hydroxylation sites is 1. The van der Waals surface area contributed by atoms with Gasteiger partial charge in [0.2, 0.25) is 0 Å². The molecule has 2 aromatic rings. The van der Waals surface area contributed by atoms with E-state index in [0.717, 1.165) is 18.5 Å². The molecule has 84 valence electrons. The number of nitrogens with one attached hydrogen (secondary N) is 1. The van der Waals surface area contributed by atoms with Gasteiger partial charge in [0.25, 0.3) is 0 Å². The van der Waals surface area contributed by atoms with Gasteiger partial charge in [-0.25, -0.2) is 0 Å². The SMILES string of the molecule is N=C(c1ccccc1)N1CCc2ccccc21. The molecular weight excluding hydrogens is 208 g/mol.